The molecule has 3 nitrogen and oxygen atoms in total. The summed E-state index contributed by atoms with van der Waals surface area (Å²) in [5.41, 5.74) is 3.84. The Morgan fingerprint density at radius 2 is 2.10 bits per heavy atom. The van der Waals surface area contributed by atoms with E-state index in [1.54, 1.807) is 0 Å². The van der Waals surface area contributed by atoms with Crippen molar-refractivity contribution in [3.63, 3.8) is 0 Å². The van der Waals surface area contributed by atoms with Crippen LogP contribution >= 0.6 is 11.6 Å². The number of halogens is 1. The zero-order valence-corrected chi connectivity index (χ0v) is 13.3. The van der Waals surface area contributed by atoms with Crippen LogP contribution in [-0.2, 0) is 4.79 Å². The highest BCUT2D eigenvalue weighted by Gasteiger charge is 2.23. The zero-order chi connectivity index (χ0) is 15.6. The maximum atomic E-state index is 12.4. The molecule has 1 unspecified atom stereocenters. The first-order valence-corrected chi connectivity index (χ1v) is 7.50. The molecule has 2 rings (SSSR count). The summed E-state index contributed by atoms with van der Waals surface area (Å²) in [6.45, 7) is 5.92. The second-order valence-corrected chi connectivity index (χ2v) is 6.19. The van der Waals surface area contributed by atoms with Gasteiger partial charge in [0.1, 0.15) is 0 Å². The molecule has 0 spiro atoms. The molecule has 4 heteroatoms. The average molecular weight is 303 g/mol. The number of nitrogens with one attached hydrogen (secondary N) is 1. The first-order chi connectivity index (χ1) is 9.92. The third kappa shape index (κ3) is 3.46. The van der Waals surface area contributed by atoms with E-state index in [9.17, 15) is 10.1 Å². The van der Waals surface area contributed by atoms with Gasteiger partial charge >= 0.3 is 0 Å². The predicted octanol–water partition coefficient (Wildman–Crippen LogP) is 4.54. The summed E-state index contributed by atoms with van der Waals surface area (Å²) in [6, 6.07) is 5.89. The lowest BCUT2D eigenvalue weighted by Crippen LogP contribution is -2.20. The molecule has 0 heterocycles. The Morgan fingerprint density at radius 1 is 1.38 bits per heavy atom. The van der Waals surface area contributed by atoms with Crippen molar-refractivity contribution in [1.29, 1.82) is 5.26 Å². The number of aryl methyl sites for hydroxylation is 2. The Bertz CT molecular complexity index is 655. The number of nitriles is 1. The molecular weight excluding hydrogens is 284 g/mol. The maximum Gasteiger partial charge on any atom is 0.252 e. The summed E-state index contributed by atoms with van der Waals surface area (Å²) in [6.07, 6.45) is 2.31. The van der Waals surface area contributed by atoms with Crippen molar-refractivity contribution < 1.29 is 4.79 Å². The van der Waals surface area contributed by atoms with E-state index in [2.05, 4.69) is 18.3 Å². The first-order valence-electron chi connectivity index (χ1n) is 7.12. The topological polar surface area (TPSA) is 52.9 Å². The second-order valence-electron chi connectivity index (χ2n) is 5.79. The normalized spacial score (nSPS) is 18.3. The van der Waals surface area contributed by atoms with Crippen LogP contribution in [0.4, 0.5) is 5.69 Å². The molecule has 0 bridgehead atoms. The molecule has 1 aromatic rings. The lowest BCUT2D eigenvalue weighted by molar-refractivity contribution is -0.113. The molecule has 1 amide bonds. The van der Waals surface area contributed by atoms with Crippen LogP contribution < -0.4 is 5.32 Å². The molecular formula is C17H19ClN2O. The summed E-state index contributed by atoms with van der Waals surface area (Å²) in [5, 5.41) is 12.8. The third-order valence-corrected chi connectivity index (χ3v) is 4.37. The van der Waals surface area contributed by atoms with E-state index in [1.807, 2.05) is 26.0 Å². The molecule has 0 saturated carbocycles. The molecule has 1 atom stereocenters. The van der Waals surface area contributed by atoms with Crippen LogP contribution in [0.1, 0.15) is 37.3 Å². The number of hydrogen-bond acceptors (Lipinski definition) is 2. The Balaban J connectivity index is 2.26. The highest BCUT2D eigenvalue weighted by molar-refractivity contribution is 6.31. The summed E-state index contributed by atoms with van der Waals surface area (Å²) in [7, 11) is 0. The van der Waals surface area contributed by atoms with Crippen molar-refractivity contribution >= 4 is 23.2 Å². The van der Waals surface area contributed by atoms with Crippen LogP contribution in [0.2, 0.25) is 5.02 Å². The second kappa shape index (κ2) is 6.32. The van der Waals surface area contributed by atoms with Gasteiger partial charge in [0.05, 0.1) is 6.07 Å². The number of nitrogens with zero attached hydrogens (tertiary/aromatic N) is 1. The van der Waals surface area contributed by atoms with Crippen LogP contribution in [-0.4, -0.2) is 5.91 Å². The monoisotopic (exact) mass is 302 g/mol. The minimum atomic E-state index is -0.164. The molecule has 0 radical (unpaired) electrons. The van der Waals surface area contributed by atoms with Gasteiger partial charge in [-0.3, -0.25) is 4.79 Å². The van der Waals surface area contributed by atoms with Crippen molar-refractivity contribution in [1.82, 2.24) is 0 Å². The maximum absolute atomic E-state index is 12.4. The number of benzene rings is 1. The molecule has 1 N–H and O–H groups in total. The number of carbonyl (C=O) groups is 1. The number of hydrogen-bond donors (Lipinski definition) is 1. The quantitative estimate of drug-likeness (QED) is 0.872. The summed E-state index contributed by atoms with van der Waals surface area (Å²) >= 11 is 6.07. The van der Waals surface area contributed by atoms with Gasteiger partial charge in [0.15, 0.2) is 0 Å². The lowest BCUT2D eigenvalue weighted by atomic mass is 9.85. The van der Waals surface area contributed by atoms with Gasteiger partial charge in [-0.25, -0.2) is 0 Å². The number of carbonyl (C=O) groups excluding carboxylic acids is 1. The molecule has 21 heavy (non-hydrogen) atoms. The van der Waals surface area contributed by atoms with Crippen molar-refractivity contribution in [2.75, 3.05) is 5.32 Å². The van der Waals surface area contributed by atoms with Crippen LogP contribution in [0.15, 0.2) is 23.3 Å². The van der Waals surface area contributed by atoms with Gasteiger partial charge < -0.3 is 5.32 Å². The van der Waals surface area contributed by atoms with Gasteiger partial charge in [-0.15, -0.1) is 0 Å². The fourth-order valence-electron chi connectivity index (χ4n) is 2.59. The molecule has 0 aromatic heterocycles. The van der Waals surface area contributed by atoms with E-state index in [0.29, 0.717) is 34.9 Å². The van der Waals surface area contributed by atoms with E-state index in [0.717, 1.165) is 23.2 Å². The summed E-state index contributed by atoms with van der Waals surface area (Å²) in [4.78, 5) is 12.4. The van der Waals surface area contributed by atoms with E-state index >= 15 is 0 Å². The standard InChI is InChI=1S/C17H19ClN2O/c1-10-4-5-14(13(6-10)9-19)17(21)20-16-8-11(2)15(18)7-12(16)3/h7-8,10H,4-6H2,1-3H3,(H,20,21). The molecule has 1 aliphatic carbocycles. The van der Waals surface area contributed by atoms with E-state index in [4.69, 9.17) is 11.6 Å². The Labute approximate surface area is 130 Å². The van der Waals surface area contributed by atoms with Gasteiger partial charge in [0.25, 0.3) is 5.91 Å². The molecule has 0 fully saturated rings. The smallest absolute Gasteiger partial charge is 0.252 e. The summed E-state index contributed by atoms with van der Waals surface area (Å²) < 4.78 is 0. The number of amides is 1. The van der Waals surface area contributed by atoms with E-state index in [-0.39, 0.29) is 5.91 Å². The zero-order valence-electron chi connectivity index (χ0n) is 12.6. The van der Waals surface area contributed by atoms with Gasteiger partial charge in [-0.2, -0.15) is 5.26 Å². The van der Waals surface area contributed by atoms with Crippen molar-refractivity contribution in [3.8, 4) is 6.07 Å². The van der Waals surface area contributed by atoms with Crippen LogP contribution in [0.5, 0.6) is 0 Å². The predicted molar refractivity (Wildman–Crippen MR) is 85.2 cm³/mol. The highest BCUT2D eigenvalue weighted by Crippen LogP contribution is 2.30. The molecule has 1 aliphatic rings. The fourth-order valence-corrected chi connectivity index (χ4v) is 2.81. The minimum Gasteiger partial charge on any atom is -0.322 e. The number of rotatable bonds is 2. The lowest BCUT2D eigenvalue weighted by Gasteiger charge is -2.21. The molecule has 110 valence electrons. The van der Waals surface area contributed by atoms with Crippen molar-refractivity contribution in [3.05, 3.63) is 39.4 Å². The van der Waals surface area contributed by atoms with Crippen LogP contribution in [0.3, 0.4) is 0 Å². The third-order valence-electron chi connectivity index (χ3n) is 3.97. The fraction of sp³-hybridized carbons (Fsp3) is 0.412. The van der Waals surface area contributed by atoms with Crippen LogP contribution in [0, 0.1) is 31.1 Å². The van der Waals surface area contributed by atoms with Gasteiger partial charge in [0.2, 0.25) is 0 Å². The van der Waals surface area contributed by atoms with Crippen molar-refractivity contribution in [2.45, 2.75) is 40.0 Å². The first kappa shape index (κ1) is 15.6. The largest absolute Gasteiger partial charge is 0.322 e. The Morgan fingerprint density at radius 3 is 2.76 bits per heavy atom. The molecule has 1 aromatic carbocycles. The summed E-state index contributed by atoms with van der Waals surface area (Å²) in [5.74, 6) is 0.305. The number of allylic oxidation sites excluding steroid dienone is 1. The molecule has 0 saturated heterocycles. The van der Waals surface area contributed by atoms with E-state index in [1.165, 1.54) is 0 Å². The Hall–Kier alpha value is -1.79. The van der Waals surface area contributed by atoms with Crippen molar-refractivity contribution in [2.24, 2.45) is 5.92 Å². The van der Waals surface area contributed by atoms with Gasteiger partial charge in [-0.05, 0) is 62.3 Å². The van der Waals surface area contributed by atoms with E-state index < -0.39 is 0 Å². The Kier molecular flexibility index (Phi) is 4.69. The SMILES string of the molecule is Cc1cc(NC(=O)C2=C(C#N)CC(C)CC2)c(C)cc1Cl. The van der Waals surface area contributed by atoms with Gasteiger partial charge in [0, 0.05) is 21.9 Å². The van der Waals surface area contributed by atoms with Gasteiger partial charge in [-0.1, -0.05) is 18.5 Å². The highest BCUT2D eigenvalue weighted by atomic mass is 35.5. The number of anilines is 1. The average Bonchev–Trinajstić information content (AvgIpc) is 2.44. The van der Waals surface area contributed by atoms with Crippen LogP contribution in [0.25, 0.3) is 0 Å². The molecule has 0 aliphatic heterocycles. The minimum absolute atomic E-state index is 0.164.